The summed E-state index contributed by atoms with van der Waals surface area (Å²) in [5.74, 6) is 6.41. The van der Waals surface area contributed by atoms with Crippen LogP contribution in [0, 0.1) is 0 Å². The van der Waals surface area contributed by atoms with Crippen LogP contribution >= 0.6 is 0 Å². The highest BCUT2D eigenvalue weighted by molar-refractivity contribution is 5.56. The van der Waals surface area contributed by atoms with Crippen molar-refractivity contribution >= 4 is 11.5 Å². The fraction of sp³-hybridized carbons (Fsp3) is 0. The number of aromatic nitrogens is 4. The smallest absolute Gasteiger partial charge is 0.181 e. The minimum atomic E-state index is 0.546. The second kappa shape index (κ2) is 3.84. The Morgan fingerprint density at radius 3 is 2.94 bits per heavy atom. The summed E-state index contributed by atoms with van der Waals surface area (Å²) < 4.78 is 1.92. The zero-order valence-corrected chi connectivity index (χ0v) is 8.91. The number of hydrogen-bond acceptors (Lipinski definition) is 5. The zero-order valence-electron chi connectivity index (χ0n) is 8.91. The summed E-state index contributed by atoms with van der Waals surface area (Å²) in [7, 11) is 0. The second-order valence-corrected chi connectivity index (χ2v) is 3.50. The summed E-state index contributed by atoms with van der Waals surface area (Å²) in [5, 5.41) is 0. The average molecular weight is 226 g/mol. The molecule has 0 aliphatic heterocycles. The van der Waals surface area contributed by atoms with E-state index in [0.29, 0.717) is 17.3 Å². The van der Waals surface area contributed by atoms with E-state index in [1.807, 2.05) is 35.0 Å². The molecule has 0 aliphatic carbocycles. The fourth-order valence-electron chi connectivity index (χ4n) is 1.60. The van der Waals surface area contributed by atoms with Crippen molar-refractivity contribution in [3.05, 3.63) is 42.9 Å². The van der Waals surface area contributed by atoms with Crippen molar-refractivity contribution < 1.29 is 0 Å². The maximum atomic E-state index is 5.31. The molecule has 0 radical (unpaired) electrons. The van der Waals surface area contributed by atoms with Crippen molar-refractivity contribution in [3.8, 4) is 11.5 Å². The molecule has 6 heteroatoms. The van der Waals surface area contributed by atoms with E-state index in [1.165, 1.54) is 0 Å². The molecule has 6 nitrogen and oxygen atoms in total. The molecule has 0 amide bonds. The molecule has 3 rings (SSSR count). The normalized spacial score (nSPS) is 10.6. The number of anilines is 1. The first-order chi connectivity index (χ1) is 8.36. The average Bonchev–Trinajstić information content (AvgIpc) is 2.82. The van der Waals surface area contributed by atoms with Gasteiger partial charge in [-0.2, -0.15) is 0 Å². The molecule has 0 aromatic carbocycles. The minimum Gasteiger partial charge on any atom is -0.308 e. The van der Waals surface area contributed by atoms with Crippen LogP contribution in [-0.2, 0) is 0 Å². The van der Waals surface area contributed by atoms with Gasteiger partial charge >= 0.3 is 0 Å². The summed E-state index contributed by atoms with van der Waals surface area (Å²) in [4.78, 5) is 12.8. The lowest BCUT2D eigenvalue weighted by Gasteiger charge is -1.99. The van der Waals surface area contributed by atoms with Crippen LogP contribution in [0.4, 0.5) is 5.82 Å². The Labute approximate surface area is 97.1 Å². The van der Waals surface area contributed by atoms with Gasteiger partial charge in [0.15, 0.2) is 5.82 Å². The topological polar surface area (TPSA) is 81.1 Å². The monoisotopic (exact) mass is 226 g/mol. The van der Waals surface area contributed by atoms with Crippen LogP contribution in [0.15, 0.2) is 42.9 Å². The van der Waals surface area contributed by atoms with Gasteiger partial charge in [-0.1, -0.05) is 6.07 Å². The van der Waals surface area contributed by atoms with Gasteiger partial charge in [-0.15, -0.1) is 0 Å². The molecule has 17 heavy (non-hydrogen) atoms. The van der Waals surface area contributed by atoms with E-state index in [9.17, 15) is 0 Å². The number of nitrogen functional groups attached to an aromatic ring is 1. The Morgan fingerprint density at radius 2 is 2.12 bits per heavy atom. The molecule has 0 saturated carbocycles. The van der Waals surface area contributed by atoms with E-state index < -0.39 is 0 Å². The zero-order chi connectivity index (χ0) is 11.7. The molecule has 3 N–H and O–H groups in total. The van der Waals surface area contributed by atoms with Gasteiger partial charge in [0.2, 0.25) is 0 Å². The molecule has 3 aromatic rings. The summed E-state index contributed by atoms with van der Waals surface area (Å²) in [6.07, 6.45) is 5.45. The lowest BCUT2D eigenvalue weighted by molar-refractivity contribution is 1.13. The number of imidazole rings is 1. The van der Waals surface area contributed by atoms with E-state index in [4.69, 9.17) is 5.84 Å². The summed E-state index contributed by atoms with van der Waals surface area (Å²) in [6.45, 7) is 0. The molecule has 0 unspecified atom stereocenters. The van der Waals surface area contributed by atoms with Crippen LogP contribution in [0.3, 0.4) is 0 Å². The molecular formula is C11H10N6. The van der Waals surface area contributed by atoms with Crippen LogP contribution in [0.5, 0.6) is 0 Å². The third-order valence-corrected chi connectivity index (χ3v) is 2.40. The SMILES string of the molecule is NNc1ccnc(-c2cn3ccccc3n2)n1. The maximum Gasteiger partial charge on any atom is 0.181 e. The largest absolute Gasteiger partial charge is 0.308 e. The molecule has 0 fully saturated rings. The number of nitrogens with one attached hydrogen (secondary N) is 1. The van der Waals surface area contributed by atoms with Crippen LogP contribution in [-0.4, -0.2) is 19.4 Å². The lowest BCUT2D eigenvalue weighted by atomic mass is 10.4. The number of fused-ring (bicyclic) bond motifs is 1. The molecule has 3 aromatic heterocycles. The first kappa shape index (κ1) is 9.73. The number of hydrazine groups is 1. The molecule has 0 bridgehead atoms. The number of rotatable bonds is 2. The van der Waals surface area contributed by atoms with Crippen molar-refractivity contribution in [2.45, 2.75) is 0 Å². The van der Waals surface area contributed by atoms with Gasteiger partial charge in [-0.05, 0) is 12.1 Å². The second-order valence-electron chi connectivity index (χ2n) is 3.50. The van der Waals surface area contributed by atoms with Gasteiger partial charge in [-0.25, -0.2) is 20.8 Å². The third-order valence-electron chi connectivity index (χ3n) is 2.40. The standard InChI is InChI=1S/C11H10N6/c12-16-9-4-5-13-11(15-9)8-7-17-6-2-1-3-10(17)14-8/h1-7H,12H2,(H,13,15,16). The van der Waals surface area contributed by atoms with Gasteiger partial charge in [-0.3, -0.25) is 0 Å². The molecule has 0 spiro atoms. The van der Waals surface area contributed by atoms with Crippen LogP contribution in [0.25, 0.3) is 17.2 Å². The molecule has 0 aliphatic rings. The number of pyridine rings is 1. The Balaban J connectivity index is 2.13. The first-order valence-electron chi connectivity index (χ1n) is 5.10. The van der Waals surface area contributed by atoms with Crippen LogP contribution < -0.4 is 11.3 Å². The molecule has 3 heterocycles. The van der Waals surface area contributed by atoms with E-state index in [0.717, 1.165) is 5.65 Å². The molecule has 0 atom stereocenters. The maximum absolute atomic E-state index is 5.31. The third kappa shape index (κ3) is 1.70. The van der Waals surface area contributed by atoms with Crippen molar-refractivity contribution in [1.29, 1.82) is 0 Å². The summed E-state index contributed by atoms with van der Waals surface area (Å²) >= 11 is 0. The van der Waals surface area contributed by atoms with E-state index in [2.05, 4.69) is 20.4 Å². The van der Waals surface area contributed by atoms with E-state index in [-0.39, 0.29) is 0 Å². The highest BCUT2D eigenvalue weighted by Gasteiger charge is 2.06. The number of nitrogens with zero attached hydrogens (tertiary/aromatic N) is 4. The Morgan fingerprint density at radius 1 is 1.18 bits per heavy atom. The van der Waals surface area contributed by atoms with Gasteiger partial charge in [0, 0.05) is 24.7 Å². The predicted molar refractivity (Wildman–Crippen MR) is 64.0 cm³/mol. The minimum absolute atomic E-state index is 0.546. The Bertz CT molecular complexity index is 627. The molecule has 84 valence electrons. The first-order valence-corrected chi connectivity index (χ1v) is 5.10. The van der Waals surface area contributed by atoms with Crippen LogP contribution in [0.1, 0.15) is 0 Å². The van der Waals surface area contributed by atoms with E-state index in [1.54, 1.807) is 12.3 Å². The van der Waals surface area contributed by atoms with Gasteiger partial charge < -0.3 is 9.83 Å². The van der Waals surface area contributed by atoms with Crippen molar-refractivity contribution in [2.24, 2.45) is 5.84 Å². The highest BCUT2D eigenvalue weighted by Crippen LogP contribution is 2.15. The number of nitrogens with two attached hydrogens (primary N) is 1. The molecular weight excluding hydrogens is 216 g/mol. The Kier molecular flexibility index (Phi) is 2.20. The summed E-state index contributed by atoms with van der Waals surface area (Å²) in [6, 6.07) is 7.50. The van der Waals surface area contributed by atoms with Crippen LogP contribution in [0.2, 0.25) is 0 Å². The van der Waals surface area contributed by atoms with Crippen molar-refractivity contribution in [1.82, 2.24) is 19.4 Å². The van der Waals surface area contributed by atoms with Gasteiger partial charge in [0.25, 0.3) is 0 Å². The molecule has 0 saturated heterocycles. The van der Waals surface area contributed by atoms with Crippen molar-refractivity contribution in [3.63, 3.8) is 0 Å². The predicted octanol–water partition coefficient (Wildman–Crippen LogP) is 1.08. The van der Waals surface area contributed by atoms with E-state index >= 15 is 0 Å². The number of hydrogen-bond donors (Lipinski definition) is 2. The van der Waals surface area contributed by atoms with Gasteiger partial charge in [0.1, 0.15) is 17.2 Å². The fourth-order valence-corrected chi connectivity index (χ4v) is 1.60. The quantitative estimate of drug-likeness (QED) is 0.504. The highest BCUT2D eigenvalue weighted by atomic mass is 15.3. The summed E-state index contributed by atoms with van der Waals surface area (Å²) in [5.41, 5.74) is 4.06. The Hall–Kier alpha value is -2.47. The van der Waals surface area contributed by atoms with Crippen molar-refractivity contribution in [2.75, 3.05) is 5.43 Å². The van der Waals surface area contributed by atoms with Gasteiger partial charge in [0.05, 0.1) is 0 Å². The lowest BCUT2D eigenvalue weighted by Crippen LogP contribution is -2.09.